The first-order valence-electron chi connectivity index (χ1n) is 5.88. The molecule has 0 bridgehead atoms. The Morgan fingerprint density at radius 1 is 1.53 bits per heavy atom. The summed E-state index contributed by atoms with van der Waals surface area (Å²) in [5.74, 6) is 0. The van der Waals surface area contributed by atoms with Crippen molar-refractivity contribution in [3.8, 4) is 0 Å². The molecule has 0 spiro atoms. The lowest BCUT2D eigenvalue weighted by Gasteiger charge is -2.09. The van der Waals surface area contributed by atoms with Crippen molar-refractivity contribution in [1.82, 2.24) is 5.32 Å². The van der Waals surface area contributed by atoms with Crippen LogP contribution < -0.4 is 16.4 Å². The van der Waals surface area contributed by atoms with Crippen LogP contribution in [0.5, 0.6) is 0 Å². The van der Waals surface area contributed by atoms with Crippen LogP contribution in [0.3, 0.4) is 0 Å². The number of rotatable bonds is 3. The molecule has 4 heteroatoms. The molecular weight excluding hydrogens is 214 g/mol. The summed E-state index contributed by atoms with van der Waals surface area (Å²) in [4.78, 5) is 11.7. The number of nitrogens with one attached hydrogen (secondary N) is 2. The molecule has 0 aromatic heterocycles. The zero-order chi connectivity index (χ0) is 12.5. The first-order chi connectivity index (χ1) is 8.01. The Balaban J connectivity index is 1.89. The molecule has 2 rings (SSSR count). The van der Waals surface area contributed by atoms with E-state index in [1.165, 1.54) is 0 Å². The van der Waals surface area contributed by atoms with Crippen LogP contribution in [0, 0.1) is 5.41 Å². The second kappa shape index (κ2) is 4.37. The van der Waals surface area contributed by atoms with Crippen LogP contribution in [0.4, 0.5) is 10.5 Å². The van der Waals surface area contributed by atoms with Gasteiger partial charge < -0.3 is 16.4 Å². The average Bonchev–Trinajstić information content (AvgIpc) is 2.85. The molecule has 1 aliphatic rings. The van der Waals surface area contributed by atoms with E-state index < -0.39 is 0 Å². The van der Waals surface area contributed by atoms with Gasteiger partial charge in [0.05, 0.1) is 0 Å². The fraction of sp³-hybridized carbons (Fsp3) is 0.462. The highest BCUT2D eigenvalue weighted by atomic mass is 16.2. The lowest BCUT2D eigenvalue weighted by atomic mass is 10.2. The summed E-state index contributed by atoms with van der Waals surface area (Å²) in [5, 5.41) is 5.77. The van der Waals surface area contributed by atoms with Gasteiger partial charge in [-0.2, -0.15) is 0 Å². The van der Waals surface area contributed by atoms with Gasteiger partial charge in [-0.3, -0.25) is 0 Å². The molecule has 0 radical (unpaired) electrons. The van der Waals surface area contributed by atoms with Crippen molar-refractivity contribution in [1.29, 1.82) is 0 Å². The maximum absolute atomic E-state index is 11.7. The van der Waals surface area contributed by atoms with E-state index in [1.807, 2.05) is 24.3 Å². The third-order valence-electron chi connectivity index (χ3n) is 3.24. The molecule has 0 saturated heterocycles. The Hall–Kier alpha value is -1.55. The largest absolute Gasteiger partial charge is 0.335 e. The molecule has 1 unspecified atom stereocenters. The fourth-order valence-electron chi connectivity index (χ4n) is 1.82. The minimum absolute atomic E-state index is 0.144. The Bertz CT molecular complexity index is 428. The number of amides is 2. The molecule has 1 saturated carbocycles. The van der Waals surface area contributed by atoms with Gasteiger partial charge in [0, 0.05) is 18.3 Å². The Morgan fingerprint density at radius 3 is 2.82 bits per heavy atom. The van der Waals surface area contributed by atoms with E-state index in [0.29, 0.717) is 12.6 Å². The number of carbonyl (C=O) groups excluding carboxylic acids is 1. The van der Waals surface area contributed by atoms with Crippen molar-refractivity contribution in [2.24, 2.45) is 11.1 Å². The van der Waals surface area contributed by atoms with Gasteiger partial charge in [0.1, 0.15) is 0 Å². The van der Waals surface area contributed by atoms with Gasteiger partial charge >= 0.3 is 6.03 Å². The molecule has 2 amide bonds. The van der Waals surface area contributed by atoms with E-state index in [2.05, 4.69) is 24.5 Å². The lowest BCUT2D eigenvalue weighted by molar-refractivity contribution is 0.250. The van der Waals surface area contributed by atoms with Gasteiger partial charge in [0.2, 0.25) is 0 Å². The van der Waals surface area contributed by atoms with Crippen LogP contribution in [0.1, 0.15) is 25.8 Å². The third kappa shape index (κ3) is 2.97. The molecule has 1 aromatic rings. The number of benzene rings is 1. The van der Waals surface area contributed by atoms with Crippen LogP contribution in [0.15, 0.2) is 24.3 Å². The number of nitrogens with two attached hydrogens (primary N) is 1. The van der Waals surface area contributed by atoms with E-state index in [9.17, 15) is 4.79 Å². The third-order valence-corrected chi connectivity index (χ3v) is 3.24. The van der Waals surface area contributed by atoms with Crippen molar-refractivity contribution in [3.63, 3.8) is 0 Å². The van der Waals surface area contributed by atoms with Gasteiger partial charge in [-0.15, -0.1) is 0 Å². The van der Waals surface area contributed by atoms with E-state index in [1.54, 1.807) is 0 Å². The quantitative estimate of drug-likeness (QED) is 0.748. The van der Waals surface area contributed by atoms with Crippen molar-refractivity contribution >= 4 is 11.7 Å². The van der Waals surface area contributed by atoms with Crippen LogP contribution >= 0.6 is 0 Å². The molecule has 4 N–H and O–H groups in total. The minimum Gasteiger partial charge on any atom is -0.335 e. The summed E-state index contributed by atoms with van der Waals surface area (Å²) in [6, 6.07) is 7.72. The second-order valence-electron chi connectivity index (χ2n) is 5.25. The highest BCUT2D eigenvalue weighted by Crippen LogP contribution is 2.44. The smallest absolute Gasteiger partial charge is 0.319 e. The maximum atomic E-state index is 11.7. The summed E-state index contributed by atoms with van der Waals surface area (Å²) in [5.41, 5.74) is 7.58. The molecule has 1 atom stereocenters. The number of carbonyl (C=O) groups is 1. The Kier molecular flexibility index (Phi) is 3.07. The summed E-state index contributed by atoms with van der Waals surface area (Å²) in [6.45, 7) is 4.77. The Labute approximate surface area is 102 Å². The normalized spacial score (nSPS) is 20.8. The SMILES string of the molecule is CC1(C)CC1NC(=O)Nc1cccc(CN)c1. The van der Waals surface area contributed by atoms with Gasteiger partial charge in [-0.1, -0.05) is 26.0 Å². The topological polar surface area (TPSA) is 67.2 Å². The van der Waals surface area contributed by atoms with E-state index in [-0.39, 0.29) is 11.4 Å². The number of anilines is 1. The van der Waals surface area contributed by atoms with Crippen molar-refractivity contribution in [2.75, 3.05) is 5.32 Å². The first-order valence-corrected chi connectivity index (χ1v) is 5.88. The number of hydrogen-bond acceptors (Lipinski definition) is 2. The summed E-state index contributed by atoms with van der Waals surface area (Å²) >= 11 is 0. The van der Waals surface area contributed by atoms with Crippen LogP contribution in [0.25, 0.3) is 0 Å². The lowest BCUT2D eigenvalue weighted by Crippen LogP contribution is -2.32. The van der Waals surface area contributed by atoms with E-state index in [4.69, 9.17) is 5.73 Å². The van der Waals surface area contributed by atoms with Gasteiger partial charge in [0.15, 0.2) is 0 Å². The van der Waals surface area contributed by atoms with Crippen molar-refractivity contribution in [3.05, 3.63) is 29.8 Å². The second-order valence-corrected chi connectivity index (χ2v) is 5.25. The van der Waals surface area contributed by atoms with Gasteiger partial charge in [-0.05, 0) is 29.5 Å². The van der Waals surface area contributed by atoms with Crippen LogP contribution in [0.2, 0.25) is 0 Å². The Morgan fingerprint density at radius 2 is 2.24 bits per heavy atom. The molecule has 1 fully saturated rings. The van der Waals surface area contributed by atoms with Crippen LogP contribution in [-0.4, -0.2) is 12.1 Å². The molecule has 92 valence electrons. The zero-order valence-electron chi connectivity index (χ0n) is 10.3. The molecule has 4 nitrogen and oxygen atoms in total. The number of hydrogen-bond donors (Lipinski definition) is 3. The summed E-state index contributed by atoms with van der Waals surface area (Å²) in [7, 11) is 0. The maximum Gasteiger partial charge on any atom is 0.319 e. The monoisotopic (exact) mass is 233 g/mol. The molecule has 0 aliphatic heterocycles. The standard InChI is InChI=1S/C13H19N3O/c1-13(2)7-11(13)16-12(17)15-10-5-3-4-9(6-10)8-14/h3-6,11H,7-8,14H2,1-2H3,(H2,15,16,17). The van der Waals surface area contributed by atoms with Crippen LogP contribution in [-0.2, 0) is 6.54 Å². The number of urea groups is 1. The minimum atomic E-state index is -0.144. The molecule has 17 heavy (non-hydrogen) atoms. The van der Waals surface area contributed by atoms with Gasteiger partial charge in [0.25, 0.3) is 0 Å². The van der Waals surface area contributed by atoms with E-state index in [0.717, 1.165) is 17.7 Å². The average molecular weight is 233 g/mol. The first kappa shape index (κ1) is 11.9. The molecule has 1 aliphatic carbocycles. The molecule has 0 heterocycles. The predicted molar refractivity (Wildman–Crippen MR) is 68.7 cm³/mol. The fourth-order valence-corrected chi connectivity index (χ4v) is 1.82. The predicted octanol–water partition coefficient (Wildman–Crippen LogP) is 2.07. The summed E-state index contributed by atoms with van der Waals surface area (Å²) in [6.07, 6.45) is 1.04. The molecular formula is C13H19N3O. The van der Waals surface area contributed by atoms with Gasteiger partial charge in [-0.25, -0.2) is 4.79 Å². The van der Waals surface area contributed by atoms with E-state index >= 15 is 0 Å². The van der Waals surface area contributed by atoms with Crippen molar-refractivity contribution in [2.45, 2.75) is 32.9 Å². The zero-order valence-corrected chi connectivity index (χ0v) is 10.3. The molecule has 1 aromatic carbocycles. The van der Waals surface area contributed by atoms with Crippen molar-refractivity contribution < 1.29 is 4.79 Å². The highest BCUT2D eigenvalue weighted by Gasteiger charge is 2.46. The highest BCUT2D eigenvalue weighted by molar-refractivity contribution is 5.89. The summed E-state index contributed by atoms with van der Waals surface area (Å²) < 4.78 is 0.